The number of carbonyl (C=O) groups excluding carboxylic acids is 15. The van der Waals surface area contributed by atoms with Crippen molar-refractivity contribution in [2.45, 2.75) is 201 Å². The van der Waals surface area contributed by atoms with Gasteiger partial charge in [0, 0.05) is 102 Å². The summed E-state index contributed by atoms with van der Waals surface area (Å²) < 4.78 is 29.8. The van der Waals surface area contributed by atoms with Gasteiger partial charge < -0.3 is 114 Å². The van der Waals surface area contributed by atoms with Gasteiger partial charge in [-0.15, -0.1) is 11.8 Å². The fraction of sp³-hybridized carbons (Fsp3) is 0.462. The number of aliphatic hydroxyl groups is 2. The Labute approximate surface area is 769 Å². The van der Waals surface area contributed by atoms with Crippen LogP contribution in [-0.2, 0) is 114 Å². The molecule has 0 saturated carbocycles. The Kier molecular flexibility index (Phi) is 37.7. The number of benzene rings is 5. The number of carboxylic acids is 2. The number of thioether (sulfide) groups is 1. The molecule has 15 amide bonds. The number of hydrogen-bond donors (Lipinski definition) is 17. The molecule has 4 heterocycles. The van der Waals surface area contributed by atoms with E-state index in [0.717, 1.165) is 49.7 Å². The number of hydrogen-bond acceptors (Lipinski definition) is 22. The number of H-pyrrole nitrogens is 1. The molecule has 9 rings (SSSR count). The molecule has 3 saturated heterocycles. The number of aliphatic carboxylic acids is 2. The second-order valence-corrected chi connectivity index (χ2v) is 34.7. The van der Waals surface area contributed by atoms with E-state index in [1.54, 1.807) is 91.9 Å². The Morgan fingerprint density at radius 2 is 1.01 bits per heavy atom. The number of likely N-dealkylation sites (N-methyl/N-ethyl adjacent to an activating group) is 3. The van der Waals surface area contributed by atoms with Crippen LogP contribution in [-0.4, -0.2) is 305 Å². The molecule has 133 heavy (non-hydrogen) atoms. The van der Waals surface area contributed by atoms with Crippen molar-refractivity contribution in [1.29, 1.82) is 0 Å². The molecule has 5 aromatic carbocycles. The standard InChI is InChI=1S/C91H115F2N17O22S/c1-7-8-25-69-90(131)110-46-57(113)40-72(110)86(127)102-65(41-76(116)117)83(124)105-78(49(2)3)91(132)107(5)70(36-50-18-11-9-12-19-50)84(125)103-67(42-77(118)119)88(129)109-45-56(112)39-71(109)85(126)101-64(38-54-43-96-61-23-16-15-22-58(54)61)82(123)100-63(34-52-26-29-55(111)30-27-52)81(122)99-62(24-17-32-94)80(121)104-68(79(120)97-44-74(95)114)47-133-48-75(115)98-66(35-53-28-31-59(92)60(93)33-53)87(128)108(6)73(89(130)106(69)4)37-51-20-13-10-14-21-51/h9-16,18-23,26-31,33,43,49,56-57,62-73,78,96,111-113H,7-8,17,24-25,32,34-42,44-48,94H2,1-6H3,(H2,95,114)(H,97,120)(H,98,115)(H,99,122)(H,100,123)(H,101,126)(H,102,127)(H,103,125)(H,104,121)(H,105,124)(H,116,117)(H,118,119)/t56-,57-,62+,63+,64+,65+,66+,67+,68+,69+,70+,71-,72-,73+,78+/m1/s1. The van der Waals surface area contributed by atoms with Gasteiger partial charge in [0.15, 0.2) is 11.6 Å². The molecule has 3 fully saturated rings. The van der Waals surface area contributed by atoms with E-state index in [-0.39, 0.29) is 62.8 Å². The van der Waals surface area contributed by atoms with Gasteiger partial charge in [-0.2, -0.15) is 0 Å². The Balaban J connectivity index is 1.14. The molecule has 0 bridgehead atoms. The minimum atomic E-state index is -2.11. The number of para-hydroxylation sites is 1. The Morgan fingerprint density at radius 3 is 1.59 bits per heavy atom. The molecule has 1 aromatic heterocycles. The smallest absolute Gasteiger partial charge is 0.305 e. The van der Waals surface area contributed by atoms with Gasteiger partial charge in [-0.25, -0.2) is 8.78 Å². The molecule has 0 radical (unpaired) electrons. The number of fused-ring (bicyclic) bond motifs is 3. The predicted molar refractivity (Wildman–Crippen MR) is 478 cm³/mol. The van der Waals surface area contributed by atoms with Gasteiger partial charge >= 0.3 is 11.9 Å². The molecular weight excluding hydrogens is 1750 g/mol. The zero-order valence-electron chi connectivity index (χ0n) is 74.3. The molecule has 0 unspecified atom stereocenters. The zero-order valence-corrected chi connectivity index (χ0v) is 75.1. The van der Waals surface area contributed by atoms with Gasteiger partial charge in [0.05, 0.1) is 37.3 Å². The van der Waals surface area contributed by atoms with E-state index >= 15 is 47.5 Å². The number of rotatable bonds is 24. The van der Waals surface area contributed by atoms with Gasteiger partial charge in [0.25, 0.3) is 0 Å². The lowest BCUT2D eigenvalue weighted by Gasteiger charge is -2.38. The summed E-state index contributed by atoms with van der Waals surface area (Å²) in [5.41, 5.74) is 13.5. The van der Waals surface area contributed by atoms with Crippen molar-refractivity contribution >= 4 is 123 Å². The van der Waals surface area contributed by atoms with Crippen molar-refractivity contribution in [2.24, 2.45) is 17.4 Å². The number of primary amides is 1. The first-order valence-corrected chi connectivity index (χ1v) is 44.7. The molecule has 3 aliphatic rings. The predicted octanol–water partition coefficient (Wildman–Crippen LogP) is -1.17. The number of unbranched alkanes of at least 4 members (excludes halogenated alkanes) is 1. The summed E-state index contributed by atoms with van der Waals surface area (Å²) in [5, 5.41) is 77.3. The number of halogens is 2. The van der Waals surface area contributed by atoms with Crippen LogP contribution in [0.3, 0.4) is 0 Å². The molecule has 3 aliphatic heterocycles. The highest BCUT2D eigenvalue weighted by molar-refractivity contribution is 8.00. The van der Waals surface area contributed by atoms with Crippen LogP contribution >= 0.6 is 11.8 Å². The van der Waals surface area contributed by atoms with E-state index in [2.05, 4.69) is 52.8 Å². The summed E-state index contributed by atoms with van der Waals surface area (Å²) >= 11 is 0.678. The van der Waals surface area contributed by atoms with Gasteiger partial charge in [0.1, 0.15) is 84.3 Å². The first-order valence-electron chi connectivity index (χ1n) is 43.6. The molecule has 0 spiro atoms. The number of carboxylic acid groups (broad SMARTS) is 2. The van der Waals surface area contributed by atoms with E-state index < -0.39 is 279 Å². The van der Waals surface area contributed by atoms with E-state index in [1.807, 2.05) is 0 Å². The molecule has 6 aromatic rings. The molecule has 19 N–H and O–H groups in total. The highest BCUT2D eigenvalue weighted by Gasteiger charge is 2.49. The number of phenols is 1. The third-order valence-electron chi connectivity index (χ3n) is 23.4. The number of nitrogens with one attached hydrogen (secondary N) is 10. The second kappa shape index (κ2) is 48.6. The lowest BCUT2D eigenvalue weighted by Crippen LogP contribution is -2.62. The van der Waals surface area contributed by atoms with Gasteiger partial charge in [-0.05, 0) is 89.9 Å². The maximum absolute atomic E-state index is 15.7. The maximum atomic E-state index is 15.7. The number of amides is 15. The number of aliphatic hydroxyl groups excluding tert-OH is 2. The largest absolute Gasteiger partial charge is 0.508 e. The fourth-order valence-electron chi connectivity index (χ4n) is 16.1. The average molecular weight is 1870 g/mol. The molecule has 15 atom stereocenters. The number of nitrogens with two attached hydrogens (primary N) is 2. The van der Waals surface area contributed by atoms with E-state index in [9.17, 15) is 68.3 Å². The lowest BCUT2D eigenvalue weighted by atomic mass is 9.98. The Bertz CT molecular complexity index is 5200. The molecule has 716 valence electrons. The van der Waals surface area contributed by atoms with Crippen molar-refractivity contribution in [3.8, 4) is 5.75 Å². The van der Waals surface area contributed by atoms with Crippen molar-refractivity contribution in [3.05, 3.63) is 173 Å². The lowest BCUT2D eigenvalue weighted by molar-refractivity contribution is -0.152. The third kappa shape index (κ3) is 28.8. The van der Waals surface area contributed by atoms with Crippen LogP contribution in [0.5, 0.6) is 5.75 Å². The highest BCUT2D eigenvalue weighted by atomic mass is 32.2. The summed E-state index contributed by atoms with van der Waals surface area (Å²) in [6.07, 6.45) is -6.61. The Hall–Kier alpha value is -13.5. The number of carbonyl (C=O) groups is 17. The molecule has 0 aliphatic carbocycles. The van der Waals surface area contributed by atoms with Crippen molar-refractivity contribution in [2.75, 3.05) is 58.8 Å². The van der Waals surface area contributed by atoms with Crippen LogP contribution in [0.25, 0.3) is 10.9 Å². The molecule has 42 heteroatoms. The number of aromatic hydroxyl groups is 1. The zero-order chi connectivity index (χ0) is 97.2. The van der Waals surface area contributed by atoms with Crippen molar-refractivity contribution in [3.63, 3.8) is 0 Å². The quantitative estimate of drug-likeness (QED) is 0.0339. The van der Waals surface area contributed by atoms with E-state index in [1.165, 1.54) is 58.4 Å². The summed E-state index contributed by atoms with van der Waals surface area (Å²) in [6, 6.07) is 8.31. The van der Waals surface area contributed by atoms with Crippen LogP contribution in [0.2, 0.25) is 0 Å². The molecular formula is C91H115F2N17O22S. The summed E-state index contributed by atoms with van der Waals surface area (Å²) in [6.45, 7) is 2.62. The van der Waals surface area contributed by atoms with Crippen LogP contribution < -0.4 is 59.3 Å². The van der Waals surface area contributed by atoms with Gasteiger partial charge in [-0.3, -0.25) is 81.5 Å². The number of aromatic amines is 1. The topological polar surface area (TPSA) is 584 Å². The monoisotopic (exact) mass is 1870 g/mol. The van der Waals surface area contributed by atoms with Crippen LogP contribution in [0, 0.1) is 17.6 Å². The van der Waals surface area contributed by atoms with Crippen molar-refractivity contribution in [1.82, 2.24) is 77.3 Å². The summed E-state index contributed by atoms with van der Waals surface area (Å²) in [5.74, 6) is -24.5. The maximum Gasteiger partial charge on any atom is 0.305 e. The average Bonchev–Trinajstić information content (AvgIpc) is 1.74. The third-order valence-corrected chi connectivity index (χ3v) is 24.4. The van der Waals surface area contributed by atoms with Crippen molar-refractivity contribution < 1.29 is 116 Å². The summed E-state index contributed by atoms with van der Waals surface area (Å²) in [4.78, 5) is 257. The van der Waals surface area contributed by atoms with Gasteiger partial charge in [-0.1, -0.05) is 131 Å². The minimum Gasteiger partial charge on any atom is -0.508 e. The van der Waals surface area contributed by atoms with Crippen LogP contribution in [0.4, 0.5) is 8.78 Å². The number of phenolic OH excluding ortho intramolecular Hbond substituents is 1. The fourth-order valence-corrected chi connectivity index (χ4v) is 17.0. The number of aromatic nitrogens is 1. The minimum absolute atomic E-state index is 0.00923. The SMILES string of the molecule is CCCC[C@H]1C(=O)N2C[C@H](O)C[C@@H]2C(=O)N[C@@H](CC(=O)O)C(=O)N[C@@H](C(C)C)C(=O)N(C)[C@@H](Cc2ccccc2)C(=O)N[C@@H](CC(=O)O)C(=O)N2C[C@H](O)C[C@@H]2C(=O)N[C@@H](Cc2c[nH]c3ccccc23)C(=O)N[C@@H](Cc2ccc(O)cc2)C(=O)N[C@@H](CCCN)C(=O)N[C@H](C(=O)NCC(N)=O)CSCC(=O)N[C@@H](Cc2ccc(F)c(F)c2)C(=O)N(C)[C@@H](Cc2ccccc2)C(=O)N1C. The van der Waals surface area contributed by atoms with Crippen LogP contribution in [0.1, 0.15) is 106 Å². The van der Waals surface area contributed by atoms with Crippen LogP contribution in [0.15, 0.2) is 134 Å². The first kappa shape index (κ1) is 103. The normalized spacial score (nSPS) is 24.6. The first-order chi connectivity index (χ1) is 63.2. The highest BCUT2D eigenvalue weighted by Crippen LogP contribution is 2.29. The summed E-state index contributed by atoms with van der Waals surface area (Å²) in [7, 11) is 3.61. The number of nitrogens with zero attached hydrogens (tertiary/aromatic N) is 5. The molecule has 39 nitrogen and oxygen atoms in total. The second-order valence-electron chi connectivity index (χ2n) is 33.6. The van der Waals surface area contributed by atoms with E-state index in [0.29, 0.717) is 51.3 Å². The van der Waals surface area contributed by atoms with Gasteiger partial charge in [0.2, 0.25) is 88.6 Å². The Morgan fingerprint density at radius 1 is 0.504 bits per heavy atom. The van der Waals surface area contributed by atoms with E-state index in [4.69, 9.17) is 11.5 Å².